The van der Waals surface area contributed by atoms with E-state index in [0.29, 0.717) is 5.76 Å². The molecule has 1 aromatic carbocycles. The van der Waals surface area contributed by atoms with Gasteiger partial charge in [-0.1, -0.05) is 29.8 Å². The molecule has 22 heavy (non-hydrogen) atoms. The van der Waals surface area contributed by atoms with Gasteiger partial charge in [-0.2, -0.15) is 0 Å². The third-order valence-electron chi connectivity index (χ3n) is 3.27. The zero-order valence-corrected chi connectivity index (χ0v) is 12.9. The fraction of sp³-hybridized carbons (Fsp3) is 0.375. The van der Waals surface area contributed by atoms with Crippen LogP contribution in [0.5, 0.6) is 0 Å². The number of ether oxygens (including phenoxy) is 1. The molecule has 0 aliphatic heterocycles. The number of benzene rings is 1. The molecule has 0 aliphatic carbocycles. The highest BCUT2D eigenvalue weighted by atomic mass is 16.5. The highest BCUT2D eigenvalue weighted by Crippen LogP contribution is 2.24. The van der Waals surface area contributed by atoms with E-state index in [2.05, 4.69) is 4.98 Å². The van der Waals surface area contributed by atoms with Crippen LogP contribution in [0.3, 0.4) is 0 Å². The summed E-state index contributed by atoms with van der Waals surface area (Å²) in [7, 11) is 3.10. The number of carbonyl (C=O) groups is 1. The first-order chi connectivity index (χ1) is 10.5. The summed E-state index contributed by atoms with van der Waals surface area (Å²) in [6, 6.07) is 7.65. The molecule has 2 rings (SSSR count). The van der Waals surface area contributed by atoms with Gasteiger partial charge < -0.3 is 19.2 Å². The van der Waals surface area contributed by atoms with Crippen molar-refractivity contribution in [2.75, 3.05) is 27.3 Å². The molecule has 1 amide bonds. The largest absolute Gasteiger partial charge is 0.443 e. The zero-order valence-electron chi connectivity index (χ0n) is 12.9. The number of rotatable bonds is 6. The third-order valence-corrected chi connectivity index (χ3v) is 3.27. The average Bonchev–Trinajstić information content (AvgIpc) is 2.96. The number of aromatic nitrogens is 1. The molecule has 6 nitrogen and oxygen atoms in total. The van der Waals surface area contributed by atoms with Gasteiger partial charge in [0, 0.05) is 26.3 Å². The van der Waals surface area contributed by atoms with Crippen molar-refractivity contribution < 1.29 is 19.1 Å². The summed E-state index contributed by atoms with van der Waals surface area (Å²) in [5, 5.41) is 9.72. The maximum Gasteiger partial charge on any atom is 0.276 e. The molecule has 1 atom stereocenters. The minimum absolute atomic E-state index is 0.160. The van der Waals surface area contributed by atoms with Crippen LogP contribution in [0, 0.1) is 6.92 Å². The van der Waals surface area contributed by atoms with Gasteiger partial charge in [0.05, 0.1) is 12.7 Å². The van der Waals surface area contributed by atoms with E-state index in [1.165, 1.54) is 18.4 Å². The monoisotopic (exact) mass is 304 g/mol. The molecule has 0 bridgehead atoms. The summed E-state index contributed by atoms with van der Waals surface area (Å²) in [5.74, 6) is 0.123. The molecule has 2 aromatic rings. The summed E-state index contributed by atoms with van der Waals surface area (Å²) >= 11 is 0. The van der Waals surface area contributed by atoms with Crippen molar-refractivity contribution in [2.45, 2.75) is 13.0 Å². The number of likely N-dealkylation sites (N-methyl/N-ethyl adjacent to an activating group) is 1. The van der Waals surface area contributed by atoms with E-state index in [-0.39, 0.29) is 24.8 Å². The Morgan fingerprint density at radius 3 is 2.73 bits per heavy atom. The van der Waals surface area contributed by atoms with E-state index in [4.69, 9.17) is 9.15 Å². The Balaban J connectivity index is 2.17. The summed E-state index contributed by atoms with van der Waals surface area (Å²) in [5.41, 5.74) is 2.14. The number of oxazole rings is 1. The molecule has 1 aromatic heterocycles. The molecule has 0 saturated carbocycles. The second-order valence-electron chi connectivity index (χ2n) is 5.19. The third kappa shape index (κ3) is 3.72. The van der Waals surface area contributed by atoms with Crippen molar-refractivity contribution in [3.05, 3.63) is 41.9 Å². The fourth-order valence-electron chi connectivity index (χ4n) is 2.13. The van der Waals surface area contributed by atoms with Crippen LogP contribution in [0.2, 0.25) is 0 Å². The van der Waals surface area contributed by atoms with Crippen LogP contribution in [-0.2, 0) is 4.74 Å². The van der Waals surface area contributed by atoms with Crippen molar-refractivity contribution in [3.8, 4) is 11.3 Å². The minimum Gasteiger partial charge on any atom is -0.443 e. The van der Waals surface area contributed by atoms with E-state index < -0.39 is 6.10 Å². The maximum absolute atomic E-state index is 12.5. The van der Waals surface area contributed by atoms with E-state index >= 15 is 0 Å². The molecule has 1 heterocycles. The minimum atomic E-state index is -0.742. The molecule has 0 aliphatic rings. The highest BCUT2D eigenvalue weighted by molar-refractivity contribution is 5.97. The van der Waals surface area contributed by atoms with Gasteiger partial charge in [-0.25, -0.2) is 4.98 Å². The predicted octanol–water partition coefficient (Wildman–Crippen LogP) is 1.73. The number of methoxy groups -OCH3 is 1. The highest BCUT2D eigenvalue weighted by Gasteiger charge is 2.23. The lowest BCUT2D eigenvalue weighted by atomic mass is 10.1. The van der Waals surface area contributed by atoms with Gasteiger partial charge >= 0.3 is 0 Å². The Morgan fingerprint density at radius 2 is 2.09 bits per heavy atom. The smallest absolute Gasteiger partial charge is 0.276 e. The Kier molecular flexibility index (Phi) is 5.30. The van der Waals surface area contributed by atoms with Gasteiger partial charge in [0.15, 0.2) is 17.8 Å². The van der Waals surface area contributed by atoms with Crippen molar-refractivity contribution >= 4 is 5.91 Å². The number of hydrogen-bond acceptors (Lipinski definition) is 5. The first-order valence-corrected chi connectivity index (χ1v) is 6.96. The van der Waals surface area contributed by atoms with Gasteiger partial charge in [0.2, 0.25) is 0 Å². The summed E-state index contributed by atoms with van der Waals surface area (Å²) in [6.07, 6.45) is 0.510. The van der Waals surface area contributed by atoms with Gasteiger partial charge in [0.25, 0.3) is 5.91 Å². The molecule has 1 N–H and O–H groups in total. The molecule has 0 spiro atoms. The number of hydrogen-bond donors (Lipinski definition) is 1. The zero-order chi connectivity index (χ0) is 16.1. The first kappa shape index (κ1) is 16.2. The summed E-state index contributed by atoms with van der Waals surface area (Å²) in [4.78, 5) is 17.9. The lowest BCUT2D eigenvalue weighted by molar-refractivity contribution is 0.0378. The van der Waals surface area contributed by atoms with Gasteiger partial charge in [0.1, 0.15) is 0 Å². The van der Waals surface area contributed by atoms with E-state index in [9.17, 15) is 9.90 Å². The first-order valence-electron chi connectivity index (χ1n) is 6.96. The van der Waals surface area contributed by atoms with Crippen molar-refractivity contribution in [1.82, 2.24) is 9.88 Å². The van der Waals surface area contributed by atoms with E-state index in [1.807, 2.05) is 31.2 Å². The number of aliphatic hydroxyl groups excluding tert-OH is 1. The Hall–Kier alpha value is -2.18. The molecule has 6 heteroatoms. The number of carbonyl (C=O) groups excluding carboxylic acids is 1. The Labute approximate surface area is 129 Å². The Bertz CT molecular complexity index is 621. The van der Waals surface area contributed by atoms with Crippen LogP contribution in [0.4, 0.5) is 0 Å². The van der Waals surface area contributed by atoms with Crippen LogP contribution in [0.1, 0.15) is 16.1 Å². The van der Waals surface area contributed by atoms with Crippen LogP contribution < -0.4 is 0 Å². The fourth-order valence-corrected chi connectivity index (χ4v) is 2.13. The molecule has 118 valence electrons. The molecule has 0 fully saturated rings. The molecular formula is C16H20N2O4. The maximum atomic E-state index is 12.5. The number of aryl methyl sites for hydroxylation is 1. The van der Waals surface area contributed by atoms with Gasteiger partial charge in [-0.05, 0) is 6.92 Å². The molecular weight excluding hydrogens is 284 g/mol. The quantitative estimate of drug-likeness (QED) is 0.879. The van der Waals surface area contributed by atoms with Crippen LogP contribution >= 0.6 is 0 Å². The molecule has 0 unspecified atom stereocenters. The van der Waals surface area contributed by atoms with Crippen molar-refractivity contribution in [3.63, 3.8) is 0 Å². The molecule has 0 radical (unpaired) electrons. The Morgan fingerprint density at radius 1 is 1.41 bits per heavy atom. The average molecular weight is 304 g/mol. The number of amides is 1. The van der Waals surface area contributed by atoms with E-state index in [0.717, 1.165) is 11.1 Å². The predicted molar refractivity (Wildman–Crippen MR) is 81.5 cm³/mol. The van der Waals surface area contributed by atoms with Crippen LogP contribution in [-0.4, -0.2) is 54.3 Å². The SMILES string of the molecule is COC[C@H](O)CN(C)C(=O)c1ncoc1-c1ccc(C)cc1. The number of aliphatic hydroxyl groups is 1. The standard InChI is InChI=1S/C16H20N2O4/c1-11-4-6-12(7-5-11)15-14(17-10-22-15)16(20)18(2)8-13(19)9-21-3/h4-7,10,13,19H,8-9H2,1-3H3/t13-/m1/s1. The summed E-state index contributed by atoms with van der Waals surface area (Å²) < 4.78 is 10.2. The summed E-state index contributed by atoms with van der Waals surface area (Å²) in [6.45, 7) is 2.31. The van der Waals surface area contributed by atoms with Crippen LogP contribution in [0.15, 0.2) is 35.1 Å². The molecule has 0 saturated heterocycles. The lowest BCUT2D eigenvalue weighted by Crippen LogP contribution is -2.36. The topological polar surface area (TPSA) is 75.8 Å². The second-order valence-corrected chi connectivity index (χ2v) is 5.19. The normalized spacial score (nSPS) is 12.2. The van der Waals surface area contributed by atoms with Crippen molar-refractivity contribution in [2.24, 2.45) is 0 Å². The lowest BCUT2D eigenvalue weighted by Gasteiger charge is -2.19. The van der Waals surface area contributed by atoms with Crippen molar-refractivity contribution in [1.29, 1.82) is 0 Å². The van der Waals surface area contributed by atoms with Gasteiger partial charge in [-0.15, -0.1) is 0 Å². The van der Waals surface area contributed by atoms with E-state index in [1.54, 1.807) is 7.05 Å². The van der Waals surface area contributed by atoms with Gasteiger partial charge in [-0.3, -0.25) is 4.79 Å². The number of nitrogens with zero attached hydrogens (tertiary/aromatic N) is 2. The van der Waals surface area contributed by atoms with Crippen LogP contribution in [0.25, 0.3) is 11.3 Å². The second kappa shape index (κ2) is 7.20.